The van der Waals surface area contributed by atoms with E-state index in [4.69, 9.17) is 29.3 Å². The lowest BCUT2D eigenvalue weighted by atomic mass is 10.1. The van der Waals surface area contributed by atoms with Gasteiger partial charge in [-0.05, 0) is 26.0 Å². The van der Waals surface area contributed by atoms with Gasteiger partial charge in [-0.15, -0.1) is 0 Å². The first kappa shape index (κ1) is 23.5. The normalized spacial score (nSPS) is 15.1. The molecule has 0 radical (unpaired) electrons. The fourth-order valence-electron chi connectivity index (χ4n) is 4.46. The van der Waals surface area contributed by atoms with Crippen LogP contribution in [0.3, 0.4) is 0 Å². The van der Waals surface area contributed by atoms with Crippen molar-refractivity contribution in [2.24, 2.45) is 7.05 Å². The van der Waals surface area contributed by atoms with Crippen LogP contribution in [0, 0.1) is 6.92 Å². The van der Waals surface area contributed by atoms with Crippen LogP contribution in [0.1, 0.15) is 24.4 Å². The van der Waals surface area contributed by atoms with Crippen LogP contribution in [-0.4, -0.2) is 70.9 Å². The zero-order chi connectivity index (χ0) is 24.4. The monoisotopic (exact) mass is 476 g/mol. The number of imidazole rings is 1. The van der Waals surface area contributed by atoms with Gasteiger partial charge in [0.05, 0.1) is 37.8 Å². The third kappa shape index (κ3) is 4.80. The molecule has 0 unspecified atom stereocenters. The van der Waals surface area contributed by atoms with Crippen LogP contribution in [0.4, 0.5) is 5.69 Å². The molecule has 1 aliphatic rings. The first-order valence-electron chi connectivity index (χ1n) is 12.0. The second kappa shape index (κ2) is 10.2. The summed E-state index contributed by atoms with van der Waals surface area (Å²) in [6.07, 6.45) is 1.77. The number of benzene rings is 1. The lowest BCUT2D eigenvalue weighted by molar-refractivity contribution is 0.0205. The second-order valence-corrected chi connectivity index (χ2v) is 8.82. The SMILES string of the molecule is COCCO[C@@H](C)c1nc2c(N3CCOCC3)cc(-n3ccc(-c4cccc(C)c4)n3)nc2n1C. The van der Waals surface area contributed by atoms with Gasteiger partial charge in [0.1, 0.15) is 17.4 Å². The Morgan fingerprint density at radius 3 is 2.69 bits per heavy atom. The average molecular weight is 477 g/mol. The summed E-state index contributed by atoms with van der Waals surface area (Å²) < 4.78 is 20.5. The predicted octanol–water partition coefficient (Wildman–Crippen LogP) is 3.69. The number of aryl methyl sites for hydroxylation is 2. The van der Waals surface area contributed by atoms with E-state index in [1.54, 1.807) is 7.11 Å². The maximum absolute atomic E-state index is 5.95. The van der Waals surface area contributed by atoms with Crippen LogP contribution >= 0.6 is 0 Å². The van der Waals surface area contributed by atoms with E-state index >= 15 is 0 Å². The molecular formula is C26H32N6O3. The number of aromatic nitrogens is 5. The topological polar surface area (TPSA) is 79.5 Å². The highest BCUT2D eigenvalue weighted by Gasteiger charge is 2.23. The highest BCUT2D eigenvalue weighted by atomic mass is 16.5. The Morgan fingerprint density at radius 1 is 1.09 bits per heavy atom. The Bertz CT molecular complexity index is 1310. The molecule has 4 aromatic rings. The molecule has 1 fully saturated rings. The van der Waals surface area contributed by atoms with E-state index in [9.17, 15) is 0 Å². The molecule has 184 valence electrons. The van der Waals surface area contributed by atoms with Crippen molar-refractivity contribution in [3.8, 4) is 17.1 Å². The van der Waals surface area contributed by atoms with Gasteiger partial charge in [-0.2, -0.15) is 5.10 Å². The molecule has 35 heavy (non-hydrogen) atoms. The minimum Gasteiger partial charge on any atom is -0.382 e. The van der Waals surface area contributed by atoms with Crippen molar-refractivity contribution >= 4 is 16.9 Å². The number of nitrogens with zero attached hydrogens (tertiary/aromatic N) is 6. The summed E-state index contributed by atoms with van der Waals surface area (Å²) in [6, 6.07) is 12.5. The number of morpholine rings is 1. The molecule has 1 atom stereocenters. The summed E-state index contributed by atoms with van der Waals surface area (Å²) in [4.78, 5) is 12.3. The van der Waals surface area contributed by atoms with Crippen molar-refractivity contribution in [1.82, 2.24) is 24.3 Å². The molecule has 1 saturated heterocycles. The fraction of sp³-hybridized carbons (Fsp3) is 0.423. The minimum absolute atomic E-state index is 0.192. The van der Waals surface area contributed by atoms with Gasteiger partial charge in [0.2, 0.25) is 0 Å². The van der Waals surface area contributed by atoms with Crippen molar-refractivity contribution in [3.63, 3.8) is 0 Å². The summed E-state index contributed by atoms with van der Waals surface area (Å²) in [6.45, 7) is 8.13. The lowest BCUT2D eigenvalue weighted by Crippen LogP contribution is -2.36. The Hall–Kier alpha value is -3.27. The molecule has 4 heterocycles. The largest absolute Gasteiger partial charge is 0.382 e. The molecule has 1 aliphatic heterocycles. The molecule has 0 bridgehead atoms. The van der Waals surface area contributed by atoms with Crippen LogP contribution in [0.5, 0.6) is 0 Å². The molecule has 0 aliphatic carbocycles. The van der Waals surface area contributed by atoms with E-state index in [1.165, 1.54) is 5.56 Å². The molecule has 9 heteroatoms. The molecule has 3 aromatic heterocycles. The summed E-state index contributed by atoms with van der Waals surface area (Å²) >= 11 is 0. The van der Waals surface area contributed by atoms with E-state index in [1.807, 2.05) is 35.5 Å². The minimum atomic E-state index is -0.192. The number of ether oxygens (including phenoxy) is 3. The smallest absolute Gasteiger partial charge is 0.164 e. The third-order valence-electron chi connectivity index (χ3n) is 6.34. The maximum atomic E-state index is 5.95. The zero-order valence-corrected chi connectivity index (χ0v) is 20.8. The Labute approximate surface area is 205 Å². The van der Waals surface area contributed by atoms with E-state index in [2.05, 4.69) is 42.2 Å². The van der Waals surface area contributed by atoms with E-state index in [0.29, 0.717) is 26.4 Å². The van der Waals surface area contributed by atoms with Gasteiger partial charge in [-0.3, -0.25) is 0 Å². The summed E-state index contributed by atoms with van der Waals surface area (Å²) in [5.74, 6) is 1.58. The van der Waals surface area contributed by atoms with Crippen molar-refractivity contribution < 1.29 is 14.2 Å². The Kier molecular flexibility index (Phi) is 6.81. The lowest BCUT2D eigenvalue weighted by Gasteiger charge is -2.29. The second-order valence-electron chi connectivity index (χ2n) is 8.82. The molecule has 0 N–H and O–H groups in total. The number of methoxy groups -OCH3 is 1. The van der Waals surface area contributed by atoms with E-state index < -0.39 is 0 Å². The third-order valence-corrected chi connectivity index (χ3v) is 6.34. The number of fused-ring (bicyclic) bond motifs is 1. The molecule has 0 spiro atoms. The Balaban J connectivity index is 1.57. The first-order chi connectivity index (χ1) is 17.0. The van der Waals surface area contributed by atoms with Crippen molar-refractivity contribution in [3.05, 3.63) is 54.0 Å². The van der Waals surface area contributed by atoms with Crippen molar-refractivity contribution in [1.29, 1.82) is 0 Å². The van der Waals surface area contributed by atoms with Gasteiger partial charge < -0.3 is 23.7 Å². The van der Waals surface area contributed by atoms with Crippen molar-refractivity contribution in [2.75, 3.05) is 51.5 Å². The zero-order valence-electron chi connectivity index (χ0n) is 20.8. The van der Waals surface area contributed by atoms with Crippen LogP contribution in [0.2, 0.25) is 0 Å². The fourth-order valence-corrected chi connectivity index (χ4v) is 4.46. The molecule has 1 aromatic carbocycles. The highest BCUT2D eigenvalue weighted by molar-refractivity contribution is 5.88. The van der Waals surface area contributed by atoms with Gasteiger partial charge in [-0.25, -0.2) is 14.6 Å². The standard InChI is InChI=1S/C26H32N6O3/c1-18-6-5-7-20(16-18)21-8-9-32(29-21)23-17-22(31-10-12-34-13-11-31)24-26(27-23)30(3)25(28-24)19(2)35-15-14-33-4/h5-9,16-17,19H,10-15H2,1-4H3/t19-/m0/s1. The van der Waals surface area contributed by atoms with E-state index in [0.717, 1.165) is 52.8 Å². The predicted molar refractivity (Wildman–Crippen MR) is 135 cm³/mol. The molecule has 9 nitrogen and oxygen atoms in total. The van der Waals surface area contributed by atoms with Crippen LogP contribution in [0.25, 0.3) is 28.2 Å². The summed E-state index contributed by atoms with van der Waals surface area (Å²) in [5.41, 5.74) is 5.90. The number of hydrogen-bond donors (Lipinski definition) is 0. The summed E-state index contributed by atoms with van der Waals surface area (Å²) in [7, 11) is 3.66. The van der Waals surface area contributed by atoms with Crippen LogP contribution in [0.15, 0.2) is 42.6 Å². The maximum Gasteiger partial charge on any atom is 0.164 e. The van der Waals surface area contributed by atoms with Gasteiger partial charge in [0, 0.05) is 45.1 Å². The molecular weight excluding hydrogens is 444 g/mol. The van der Waals surface area contributed by atoms with Crippen LogP contribution < -0.4 is 4.90 Å². The van der Waals surface area contributed by atoms with Crippen LogP contribution in [-0.2, 0) is 21.3 Å². The van der Waals surface area contributed by atoms with Gasteiger partial charge in [-0.1, -0.05) is 23.8 Å². The molecule has 0 saturated carbocycles. The summed E-state index contributed by atoms with van der Waals surface area (Å²) in [5, 5.41) is 4.85. The number of anilines is 1. The molecule has 0 amide bonds. The number of pyridine rings is 1. The van der Waals surface area contributed by atoms with Gasteiger partial charge in [0.25, 0.3) is 0 Å². The van der Waals surface area contributed by atoms with E-state index in [-0.39, 0.29) is 6.10 Å². The Morgan fingerprint density at radius 2 is 1.91 bits per heavy atom. The number of rotatable bonds is 8. The number of hydrogen-bond acceptors (Lipinski definition) is 7. The average Bonchev–Trinajstić information content (AvgIpc) is 3.50. The van der Waals surface area contributed by atoms with Crippen molar-refractivity contribution in [2.45, 2.75) is 20.0 Å². The first-order valence-corrected chi connectivity index (χ1v) is 12.0. The highest BCUT2D eigenvalue weighted by Crippen LogP contribution is 2.31. The quantitative estimate of drug-likeness (QED) is 0.359. The van der Waals surface area contributed by atoms with Gasteiger partial charge in [0.15, 0.2) is 11.5 Å². The molecule has 5 rings (SSSR count). The van der Waals surface area contributed by atoms with Gasteiger partial charge >= 0.3 is 0 Å².